The number of hydrogen-bond acceptors (Lipinski definition) is 4. The quantitative estimate of drug-likeness (QED) is 0.893. The first-order valence-corrected chi connectivity index (χ1v) is 8.40. The zero-order chi connectivity index (χ0) is 16.0. The van der Waals surface area contributed by atoms with Crippen LogP contribution >= 0.6 is 11.6 Å². The number of rotatable bonds is 3. The number of fused-ring (bicyclic) bond motifs is 1. The molecule has 122 valence electrons. The number of halogens is 1. The van der Waals surface area contributed by atoms with Gasteiger partial charge in [0.2, 0.25) is 0 Å². The van der Waals surface area contributed by atoms with Crippen LogP contribution in [0, 0.1) is 5.92 Å². The van der Waals surface area contributed by atoms with E-state index < -0.39 is 5.60 Å². The van der Waals surface area contributed by atoms with E-state index in [-0.39, 0.29) is 11.8 Å². The van der Waals surface area contributed by atoms with Crippen molar-refractivity contribution in [1.29, 1.82) is 0 Å². The molecule has 4 nitrogen and oxygen atoms in total. The summed E-state index contributed by atoms with van der Waals surface area (Å²) < 4.78 is 5.15. The van der Waals surface area contributed by atoms with E-state index in [0.29, 0.717) is 19.8 Å². The van der Waals surface area contributed by atoms with E-state index in [2.05, 4.69) is 41.4 Å². The van der Waals surface area contributed by atoms with Crippen LogP contribution in [-0.2, 0) is 4.74 Å². The van der Waals surface area contributed by atoms with Gasteiger partial charge in [-0.05, 0) is 23.8 Å². The van der Waals surface area contributed by atoms with Crippen molar-refractivity contribution in [1.82, 2.24) is 0 Å². The topological polar surface area (TPSA) is 44.7 Å². The minimum atomic E-state index is -0.719. The van der Waals surface area contributed by atoms with E-state index in [9.17, 15) is 5.11 Å². The number of aliphatic hydroxyl groups is 1. The lowest BCUT2D eigenvalue weighted by molar-refractivity contribution is -0.171. The first-order chi connectivity index (χ1) is 11.1. The molecule has 0 amide bonds. The van der Waals surface area contributed by atoms with Crippen molar-refractivity contribution in [3.05, 3.63) is 47.0 Å². The van der Waals surface area contributed by atoms with Gasteiger partial charge in [-0.15, -0.1) is 0 Å². The molecule has 0 spiro atoms. The molecular formula is C18H21ClN2O2. The molecule has 5 heteroatoms. The molecule has 1 aromatic rings. The van der Waals surface area contributed by atoms with Crippen molar-refractivity contribution < 1.29 is 9.84 Å². The van der Waals surface area contributed by atoms with E-state index in [0.717, 1.165) is 23.1 Å². The Morgan fingerprint density at radius 1 is 1.43 bits per heavy atom. The summed E-state index contributed by atoms with van der Waals surface area (Å²) in [4.78, 5) is 2.19. The average Bonchev–Trinajstić information content (AvgIpc) is 2.91. The van der Waals surface area contributed by atoms with Crippen molar-refractivity contribution >= 4 is 23.0 Å². The predicted molar refractivity (Wildman–Crippen MR) is 93.0 cm³/mol. The highest BCUT2D eigenvalue weighted by atomic mass is 35.5. The van der Waals surface area contributed by atoms with Crippen LogP contribution in [0.25, 0.3) is 0 Å². The molecule has 2 atom stereocenters. The van der Waals surface area contributed by atoms with E-state index in [1.165, 1.54) is 5.56 Å². The zero-order valence-electron chi connectivity index (χ0n) is 13.1. The molecular weight excluding hydrogens is 312 g/mol. The maximum atomic E-state index is 10.4. The summed E-state index contributed by atoms with van der Waals surface area (Å²) >= 11 is 6.31. The zero-order valence-corrected chi connectivity index (χ0v) is 13.9. The van der Waals surface area contributed by atoms with Crippen molar-refractivity contribution in [2.45, 2.75) is 18.4 Å². The monoisotopic (exact) mass is 332 g/mol. The molecule has 0 saturated carbocycles. The van der Waals surface area contributed by atoms with Gasteiger partial charge in [0.05, 0.1) is 37.8 Å². The second-order valence-electron chi connectivity index (χ2n) is 6.78. The second kappa shape index (κ2) is 5.55. The first kappa shape index (κ1) is 15.1. The van der Waals surface area contributed by atoms with E-state index in [4.69, 9.17) is 16.3 Å². The lowest BCUT2D eigenvalue weighted by atomic mass is 9.84. The second-order valence-corrected chi connectivity index (χ2v) is 7.21. The third-order valence-corrected chi connectivity index (χ3v) is 5.45. The number of nitrogens with zero attached hydrogens (tertiary/aromatic N) is 1. The predicted octanol–water partition coefficient (Wildman–Crippen LogP) is 3.05. The molecule has 23 heavy (non-hydrogen) atoms. The number of ether oxygens (including phenoxy) is 1. The van der Waals surface area contributed by atoms with Crippen LogP contribution < -0.4 is 10.2 Å². The van der Waals surface area contributed by atoms with Gasteiger partial charge >= 0.3 is 0 Å². The SMILES string of the molecule is CC1C(Cl)=CC=CC1c1ccc2c(c1)N(CC1(O)COC1)CN2. The molecule has 2 heterocycles. The maximum absolute atomic E-state index is 10.4. The minimum Gasteiger partial charge on any atom is -0.383 e. The van der Waals surface area contributed by atoms with Crippen LogP contribution in [0.2, 0.25) is 0 Å². The van der Waals surface area contributed by atoms with Gasteiger partial charge in [0.25, 0.3) is 0 Å². The fraction of sp³-hybridized carbons (Fsp3) is 0.444. The molecule has 0 bridgehead atoms. The number of anilines is 2. The van der Waals surface area contributed by atoms with Crippen LogP contribution in [0.1, 0.15) is 18.4 Å². The van der Waals surface area contributed by atoms with Gasteiger partial charge in [-0.3, -0.25) is 0 Å². The molecule has 1 aliphatic carbocycles. The Morgan fingerprint density at radius 2 is 2.26 bits per heavy atom. The standard InChI is InChI=1S/C18H21ClN2O2/c1-12-14(3-2-4-15(12)19)13-5-6-16-17(7-13)21(11-20-16)8-18(22)9-23-10-18/h2-7,12,14,20,22H,8-11H2,1H3. The Morgan fingerprint density at radius 3 is 3.00 bits per heavy atom. The fourth-order valence-electron chi connectivity index (χ4n) is 3.52. The van der Waals surface area contributed by atoms with Crippen molar-refractivity contribution in [3.63, 3.8) is 0 Å². The van der Waals surface area contributed by atoms with Crippen LogP contribution in [-0.4, -0.2) is 37.1 Å². The van der Waals surface area contributed by atoms with Crippen molar-refractivity contribution in [2.24, 2.45) is 5.92 Å². The Bertz CT molecular complexity index is 682. The van der Waals surface area contributed by atoms with Crippen LogP contribution in [0.15, 0.2) is 41.5 Å². The molecule has 0 radical (unpaired) electrons. The smallest absolute Gasteiger partial charge is 0.128 e. The van der Waals surface area contributed by atoms with Crippen molar-refractivity contribution in [2.75, 3.05) is 36.6 Å². The summed E-state index contributed by atoms with van der Waals surface area (Å²) in [5.74, 6) is 0.571. The summed E-state index contributed by atoms with van der Waals surface area (Å²) in [5.41, 5.74) is 2.80. The molecule has 4 rings (SSSR count). The Kier molecular flexibility index (Phi) is 3.63. The van der Waals surface area contributed by atoms with Gasteiger partial charge in [-0.1, -0.05) is 36.7 Å². The largest absolute Gasteiger partial charge is 0.383 e. The Balaban J connectivity index is 1.60. The van der Waals surface area contributed by atoms with E-state index >= 15 is 0 Å². The summed E-state index contributed by atoms with van der Waals surface area (Å²) in [6.45, 7) is 4.30. The van der Waals surface area contributed by atoms with Gasteiger partial charge in [0.1, 0.15) is 5.60 Å². The lowest BCUT2D eigenvalue weighted by Crippen LogP contribution is -2.57. The molecule has 1 fully saturated rings. The van der Waals surface area contributed by atoms with Gasteiger partial charge < -0.3 is 20.1 Å². The summed E-state index contributed by atoms with van der Waals surface area (Å²) in [5, 5.41) is 14.6. The number of β-amino-alcohol motifs (C(OH)–C–C–N with tert-alkyl or cyclic N) is 1. The van der Waals surface area contributed by atoms with Gasteiger partial charge in [0.15, 0.2) is 0 Å². The molecule has 3 aliphatic rings. The van der Waals surface area contributed by atoms with Crippen LogP contribution in [0.5, 0.6) is 0 Å². The molecule has 0 aromatic heterocycles. The highest BCUT2D eigenvalue weighted by Gasteiger charge is 2.39. The molecule has 2 N–H and O–H groups in total. The molecule has 1 saturated heterocycles. The van der Waals surface area contributed by atoms with E-state index in [1.54, 1.807) is 0 Å². The number of nitrogens with one attached hydrogen (secondary N) is 1. The van der Waals surface area contributed by atoms with Crippen LogP contribution in [0.3, 0.4) is 0 Å². The maximum Gasteiger partial charge on any atom is 0.128 e. The summed E-state index contributed by atoms with van der Waals surface area (Å²) in [6, 6.07) is 6.51. The number of hydrogen-bond donors (Lipinski definition) is 2. The summed E-state index contributed by atoms with van der Waals surface area (Å²) in [7, 11) is 0. The van der Waals surface area contributed by atoms with Gasteiger partial charge in [-0.2, -0.15) is 0 Å². The third kappa shape index (κ3) is 2.65. The molecule has 1 aromatic carbocycles. The van der Waals surface area contributed by atoms with Crippen molar-refractivity contribution in [3.8, 4) is 0 Å². The van der Waals surface area contributed by atoms with Gasteiger partial charge in [0, 0.05) is 16.9 Å². The normalized spacial score (nSPS) is 28.0. The van der Waals surface area contributed by atoms with Gasteiger partial charge in [-0.25, -0.2) is 0 Å². The minimum absolute atomic E-state index is 0.284. The van der Waals surface area contributed by atoms with Crippen LogP contribution in [0.4, 0.5) is 11.4 Å². The highest BCUT2D eigenvalue weighted by molar-refractivity contribution is 6.30. The molecule has 2 aliphatic heterocycles. The number of allylic oxidation sites excluding steroid dienone is 4. The number of benzene rings is 1. The first-order valence-electron chi connectivity index (χ1n) is 8.02. The third-order valence-electron chi connectivity index (χ3n) is 4.98. The summed E-state index contributed by atoms with van der Waals surface area (Å²) in [6.07, 6.45) is 6.21. The Hall–Kier alpha value is -1.49. The fourth-order valence-corrected chi connectivity index (χ4v) is 3.72. The lowest BCUT2D eigenvalue weighted by Gasteiger charge is -2.39. The Labute approximate surface area is 141 Å². The average molecular weight is 333 g/mol. The van der Waals surface area contributed by atoms with E-state index in [1.807, 2.05) is 12.2 Å². The molecule has 2 unspecified atom stereocenters. The highest BCUT2D eigenvalue weighted by Crippen LogP contribution is 2.40.